The zero-order valence-corrected chi connectivity index (χ0v) is 21.9. The summed E-state index contributed by atoms with van der Waals surface area (Å²) in [5.41, 5.74) is 3.69. The number of likely N-dealkylation sites (tertiary alicyclic amines) is 1. The maximum absolute atomic E-state index is 13.5. The maximum Gasteiger partial charge on any atom is 0.471 e. The van der Waals surface area contributed by atoms with Crippen molar-refractivity contribution in [1.29, 1.82) is 0 Å². The molecule has 36 heavy (non-hydrogen) atoms. The Morgan fingerprint density at radius 3 is 2.67 bits per heavy atom. The summed E-state index contributed by atoms with van der Waals surface area (Å²) in [7, 11) is 0. The lowest BCUT2D eigenvalue weighted by Crippen LogP contribution is -2.57. The van der Waals surface area contributed by atoms with E-state index < -0.39 is 23.7 Å². The Morgan fingerprint density at radius 1 is 1.19 bits per heavy atom. The first-order valence-electron chi connectivity index (χ1n) is 14.0. The molecule has 0 bridgehead atoms. The third kappa shape index (κ3) is 3.36. The van der Waals surface area contributed by atoms with E-state index in [4.69, 9.17) is 4.74 Å². The van der Waals surface area contributed by atoms with E-state index in [1.807, 2.05) is 13.8 Å². The van der Waals surface area contributed by atoms with Gasteiger partial charge < -0.3 is 14.7 Å². The molecule has 1 N–H and O–H groups in total. The number of hydrogen-bond donors (Lipinski definition) is 1. The molecule has 6 aliphatic rings. The van der Waals surface area contributed by atoms with Crippen LogP contribution in [0.1, 0.15) is 79.1 Å². The van der Waals surface area contributed by atoms with E-state index in [0.717, 1.165) is 49.8 Å². The molecule has 4 fully saturated rings. The first kappa shape index (κ1) is 25.0. The molecule has 0 aromatic heterocycles. The number of allylic oxidation sites excluding steroid dienone is 2. The number of halogens is 3. The molecule has 1 spiro atoms. The van der Waals surface area contributed by atoms with Crippen LogP contribution in [0, 0.1) is 35.0 Å². The molecule has 7 heteroatoms. The highest BCUT2D eigenvalue weighted by molar-refractivity contribution is 5.82. The predicted molar refractivity (Wildman–Crippen MR) is 130 cm³/mol. The van der Waals surface area contributed by atoms with E-state index in [1.165, 1.54) is 16.7 Å². The van der Waals surface area contributed by atoms with E-state index in [-0.39, 0.29) is 36.0 Å². The Balaban J connectivity index is 1.34. The Kier molecular flexibility index (Phi) is 5.60. The second-order valence-corrected chi connectivity index (χ2v) is 13.2. The van der Waals surface area contributed by atoms with E-state index in [1.54, 1.807) is 0 Å². The van der Waals surface area contributed by atoms with Crippen molar-refractivity contribution in [2.75, 3.05) is 6.54 Å². The summed E-state index contributed by atoms with van der Waals surface area (Å²) in [5.74, 6) is -0.257. The lowest BCUT2D eigenvalue weighted by Gasteiger charge is -2.49. The topological polar surface area (TPSA) is 49.8 Å². The molecule has 2 saturated carbocycles. The Hall–Kier alpha value is -1.34. The minimum atomic E-state index is -4.86. The van der Waals surface area contributed by atoms with Gasteiger partial charge >= 0.3 is 12.1 Å². The third-order valence-corrected chi connectivity index (χ3v) is 11.5. The molecule has 6 rings (SSSR count). The fraction of sp³-hybridized carbons (Fsp3) is 0.828. The zero-order valence-electron chi connectivity index (χ0n) is 21.9. The van der Waals surface area contributed by atoms with Gasteiger partial charge in [0.05, 0.1) is 23.9 Å². The molecule has 2 aliphatic heterocycles. The lowest BCUT2D eigenvalue weighted by atomic mass is 9.56. The molecule has 2 saturated heterocycles. The number of fused-ring (bicyclic) bond motifs is 6. The van der Waals surface area contributed by atoms with Gasteiger partial charge in [0, 0.05) is 12.5 Å². The van der Waals surface area contributed by atoms with Crippen molar-refractivity contribution in [3.8, 4) is 0 Å². The second-order valence-electron chi connectivity index (χ2n) is 13.2. The van der Waals surface area contributed by atoms with Crippen LogP contribution in [0.25, 0.3) is 0 Å². The van der Waals surface area contributed by atoms with Gasteiger partial charge in [0.25, 0.3) is 0 Å². The van der Waals surface area contributed by atoms with Crippen molar-refractivity contribution < 1.29 is 27.8 Å². The van der Waals surface area contributed by atoms with Gasteiger partial charge in [-0.15, -0.1) is 0 Å². The quantitative estimate of drug-likeness (QED) is 0.422. The van der Waals surface area contributed by atoms with Crippen LogP contribution in [0.4, 0.5) is 13.2 Å². The van der Waals surface area contributed by atoms with Gasteiger partial charge in [-0.3, -0.25) is 4.79 Å². The van der Waals surface area contributed by atoms with Crippen molar-refractivity contribution in [2.45, 2.75) is 109 Å². The van der Waals surface area contributed by atoms with Crippen LogP contribution in [0.5, 0.6) is 0 Å². The van der Waals surface area contributed by atoms with Crippen molar-refractivity contribution in [3.63, 3.8) is 0 Å². The minimum absolute atomic E-state index is 0.0235. The highest BCUT2D eigenvalue weighted by Gasteiger charge is 2.63. The smallest absolute Gasteiger partial charge is 0.393 e. The van der Waals surface area contributed by atoms with Gasteiger partial charge in [-0.05, 0) is 93.0 Å². The summed E-state index contributed by atoms with van der Waals surface area (Å²) < 4.78 is 47.4. The van der Waals surface area contributed by atoms with E-state index in [9.17, 15) is 23.1 Å². The average molecular weight is 508 g/mol. The van der Waals surface area contributed by atoms with Crippen LogP contribution in [0.15, 0.2) is 22.8 Å². The molecule has 200 valence electrons. The van der Waals surface area contributed by atoms with Crippen molar-refractivity contribution in [1.82, 2.24) is 4.90 Å². The number of carbonyl (C=O) groups is 1. The normalized spacial score (nSPS) is 48.3. The molecular weight excluding hydrogens is 467 g/mol. The van der Waals surface area contributed by atoms with Crippen molar-refractivity contribution in [3.05, 3.63) is 22.8 Å². The molecule has 10 atom stereocenters. The summed E-state index contributed by atoms with van der Waals surface area (Å²) in [6, 6.07) is -0.531. The average Bonchev–Trinajstić information content (AvgIpc) is 3.32. The first-order chi connectivity index (χ1) is 16.9. The van der Waals surface area contributed by atoms with Crippen LogP contribution in [0.2, 0.25) is 0 Å². The fourth-order valence-corrected chi connectivity index (χ4v) is 9.72. The lowest BCUT2D eigenvalue weighted by molar-refractivity contribution is -0.192. The number of rotatable bonds is 0. The van der Waals surface area contributed by atoms with Crippen LogP contribution in [-0.2, 0) is 9.53 Å². The monoisotopic (exact) mass is 507 g/mol. The van der Waals surface area contributed by atoms with E-state index >= 15 is 0 Å². The van der Waals surface area contributed by atoms with Crippen molar-refractivity contribution in [2.24, 2.45) is 35.0 Å². The molecule has 4 nitrogen and oxygen atoms in total. The number of ether oxygens (including phenoxy) is 1. The van der Waals surface area contributed by atoms with Crippen LogP contribution >= 0.6 is 0 Å². The SMILES string of the molecule is CC1=C2CC3C(CC=C4CC(O)CCC43C)C2CCC12OC1CC(C)CN(C(=O)C(F)(F)F)C1[C@H]2C. The molecule has 2 heterocycles. The number of amides is 1. The summed E-state index contributed by atoms with van der Waals surface area (Å²) in [4.78, 5) is 13.6. The highest BCUT2D eigenvalue weighted by Crippen LogP contribution is 2.65. The minimum Gasteiger partial charge on any atom is -0.393 e. The number of alkyl halides is 3. The number of hydrogen-bond acceptors (Lipinski definition) is 3. The van der Waals surface area contributed by atoms with Crippen LogP contribution in [-0.4, -0.2) is 52.5 Å². The van der Waals surface area contributed by atoms with Crippen molar-refractivity contribution >= 4 is 5.91 Å². The molecule has 9 unspecified atom stereocenters. The third-order valence-electron chi connectivity index (χ3n) is 11.5. The fourth-order valence-electron chi connectivity index (χ4n) is 9.72. The zero-order chi connectivity index (χ0) is 25.8. The van der Waals surface area contributed by atoms with E-state index in [2.05, 4.69) is 19.9 Å². The molecule has 0 aromatic rings. The number of aliphatic hydroxyl groups is 1. The number of nitrogens with zero attached hydrogens (tertiary/aromatic N) is 1. The molecular formula is C29H40F3NO3. The summed E-state index contributed by atoms with van der Waals surface area (Å²) >= 11 is 0. The molecule has 1 amide bonds. The van der Waals surface area contributed by atoms with E-state index in [0.29, 0.717) is 24.2 Å². The number of carbonyl (C=O) groups excluding carboxylic acids is 1. The van der Waals surface area contributed by atoms with Gasteiger partial charge in [-0.25, -0.2) is 0 Å². The maximum atomic E-state index is 13.5. The highest BCUT2D eigenvalue weighted by atomic mass is 19.4. The first-order valence-corrected chi connectivity index (χ1v) is 14.0. The van der Waals surface area contributed by atoms with Crippen LogP contribution < -0.4 is 0 Å². The van der Waals surface area contributed by atoms with Crippen LogP contribution in [0.3, 0.4) is 0 Å². The standard InChI is InChI=1S/C29H40F3NO3/c1-15-11-24-25(33(14-15)26(35)29(30,31)32)17(3)28(36-24)10-8-20-21-6-5-18-12-19(34)7-9-27(18,4)23(21)13-22(20)16(28)2/h5,15,17,19-21,23-25,34H,6-14H2,1-4H3/t15?,17-,19?,20?,21?,23?,24?,25?,27?,28?/m1/s1. The number of aliphatic hydroxyl groups excluding tert-OH is 1. The van der Waals surface area contributed by atoms with Gasteiger partial charge in [0.15, 0.2) is 0 Å². The Morgan fingerprint density at radius 2 is 1.94 bits per heavy atom. The second kappa shape index (κ2) is 8.08. The largest absolute Gasteiger partial charge is 0.471 e. The van der Waals surface area contributed by atoms with Gasteiger partial charge in [-0.1, -0.05) is 38.0 Å². The summed E-state index contributed by atoms with van der Waals surface area (Å²) in [6.45, 7) is 8.66. The molecule has 0 aromatic carbocycles. The molecule has 4 aliphatic carbocycles. The Bertz CT molecular complexity index is 1020. The summed E-state index contributed by atoms with van der Waals surface area (Å²) in [6.07, 6.45) is 4.24. The Labute approximate surface area is 212 Å². The summed E-state index contributed by atoms with van der Waals surface area (Å²) in [5, 5.41) is 10.3. The van der Waals surface area contributed by atoms with Gasteiger partial charge in [0.1, 0.15) is 0 Å². The molecule has 0 radical (unpaired) electrons. The van der Waals surface area contributed by atoms with Gasteiger partial charge in [-0.2, -0.15) is 13.2 Å². The van der Waals surface area contributed by atoms with Gasteiger partial charge in [0.2, 0.25) is 0 Å². The predicted octanol–water partition coefficient (Wildman–Crippen LogP) is 5.80. The number of piperidine rings is 1.